The molecule has 2 heterocycles. The fourth-order valence-corrected chi connectivity index (χ4v) is 2.48. The average Bonchev–Trinajstić information content (AvgIpc) is 2.97. The Morgan fingerprint density at radius 1 is 1.36 bits per heavy atom. The van der Waals surface area contributed by atoms with Crippen molar-refractivity contribution in [3.05, 3.63) is 52.8 Å². The van der Waals surface area contributed by atoms with Crippen molar-refractivity contribution >= 4 is 18.3 Å². The third-order valence-corrected chi connectivity index (χ3v) is 3.66. The molecule has 1 aromatic carbocycles. The van der Waals surface area contributed by atoms with Gasteiger partial charge in [-0.25, -0.2) is 0 Å². The number of fused-ring (bicyclic) bond motifs is 1. The van der Waals surface area contributed by atoms with Crippen LogP contribution in [0.3, 0.4) is 0 Å². The van der Waals surface area contributed by atoms with E-state index in [4.69, 9.17) is 0 Å². The SMILES string of the molecule is Cl.O=C(NCC(O)c1ccccc1)c1n[nH]c2c1CNCC2. The molecule has 7 heteroatoms. The first-order valence-corrected chi connectivity index (χ1v) is 7.03. The van der Waals surface area contributed by atoms with Crippen molar-refractivity contribution in [3.63, 3.8) is 0 Å². The summed E-state index contributed by atoms with van der Waals surface area (Å²) >= 11 is 0. The number of carbonyl (C=O) groups excluding carboxylic acids is 1. The van der Waals surface area contributed by atoms with E-state index in [9.17, 15) is 9.90 Å². The Labute approximate surface area is 134 Å². The summed E-state index contributed by atoms with van der Waals surface area (Å²) in [6, 6.07) is 9.26. The van der Waals surface area contributed by atoms with E-state index < -0.39 is 6.10 Å². The van der Waals surface area contributed by atoms with Gasteiger partial charge in [0.25, 0.3) is 5.91 Å². The minimum absolute atomic E-state index is 0. The molecule has 1 aliphatic rings. The Kier molecular flexibility index (Phi) is 5.54. The highest BCUT2D eigenvalue weighted by Crippen LogP contribution is 2.16. The fourth-order valence-electron chi connectivity index (χ4n) is 2.48. The maximum absolute atomic E-state index is 12.2. The highest BCUT2D eigenvalue weighted by Gasteiger charge is 2.21. The van der Waals surface area contributed by atoms with Crippen molar-refractivity contribution in [1.29, 1.82) is 0 Å². The van der Waals surface area contributed by atoms with Crippen molar-refractivity contribution < 1.29 is 9.90 Å². The molecule has 1 amide bonds. The summed E-state index contributed by atoms with van der Waals surface area (Å²) in [7, 11) is 0. The number of amides is 1. The fraction of sp³-hybridized carbons (Fsp3) is 0.333. The Morgan fingerprint density at radius 2 is 2.14 bits per heavy atom. The number of aliphatic hydroxyl groups is 1. The van der Waals surface area contributed by atoms with Gasteiger partial charge in [-0.05, 0) is 5.56 Å². The van der Waals surface area contributed by atoms with E-state index in [0.29, 0.717) is 12.2 Å². The minimum Gasteiger partial charge on any atom is -0.387 e. The molecule has 0 saturated carbocycles. The molecule has 1 aromatic heterocycles. The quantitative estimate of drug-likeness (QED) is 0.674. The second-order valence-corrected chi connectivity index (χ2v) is 5.09. The molecule has 2 aromatic rings. The van der Waals surface area contributed by atoms with E-state index in [1.165, 1.54) is 0 Å². The molecule has 1 unspecified atom stereocenters. The molecule has 0 aliphatic carbocycles. The number of hydrogen-bond donors (Lipinski definition) is 4. The number of benzene rings is 1. The van der Waals surface area contributed by atoms with Crippen LogP contribution in [-0.4, -0.2) is 34.3 Å². The van der Waals surface area contributed by atoms with E-state index in [1.54, 1.807) is 0 Å². The zero-order valence-corrected chi connectivity index (χ0v) is 12.8. The molecule has 118 valence electrons. The average molecular weight is 323 g/mol. The molecule has 22 heavy (non-hydrogen) atoms. The van der Waals surface area contributed by atoms with E-state index in [1.807, 2.05) is 30.3 Å². The maximum Gasteiger partial charge on any atom is 0.272 e. The Morgan fingerprint density at radius 3 is 2.91 bits per heavy atom. The van der Waals surface area contributed by atoms with Crippen LogP contribution in [0.25, 0.3) is 0 Å². The van der Waals surface area contributed by atoms with Gasteiger partial charge in [0.05, 0.1) is 6.10 Å². The van der Waals surface area contributed by atoms with E-state index in [0.717, 1.165) is 29.8 Å². The van der Waals surface area contributed by atoms with Crippen LogP contribution >= 0.6 is 12.4 Å². The molecule has 0 fully saturated rings. The second-order valence-electron chi connectivity index (χ2n) is 5.09. The smallest absolute Gasteiger partial charge is 0.272 e. The van der Waals surface area contributed by atoms with Crippen molar-refractivity contribution in [3.8, 4) is 0 Å². The summed E-state index contributed by atoms with van der Waals surface area (Å²) in [6.45, 7) is 1.71. The van der Waals surface area contributed by atoms with Crippen molar-refractivity contribution in [2.75, 3.05) is 13.1 Å². The van der Waals surface area contributed by atoms with Crippen LogP contribution in [-0.2, 0) is 13.0 Å². The standard InChI is InChI=1S/C15H18N4O2.ClH/c20-13(10-4-2-1-3-5-10)9-17-15(21)14-11-8-16-7-6-12(11)18-19-14;/h1-5,13,16,20H,6-9H2,(H,17,21)(H,18,19);1H. The van der Waals surface area contributed by atoms with Crippen LogP contribution < -0.4 is 10.6 Å². The molecule has 1 aliphatic heterocycles. The van der Waals surface area contributed by atoms with Gasteiger partial charge in [-0.3, -0.25) is 9.89 Å². The lowest BCUT2D eigenvalue weighted by Gasteiger charge is -2.14. The van der Waals surface area contributed by atoms with Crippen LogP contribution in [0.2, 0.25) is 0 Å². The van der Waals surface area contributed by atoms with E-state index in [-0.39, 0.29) is 24.9 Å². The van der Waals surface area contributed by atoms with Gasteiger partial charge in [0, 0.05) is 37.3 Å². The molecule has 0 bridgehead atoms. The number of aromatic amines is 1. The Bertz CT molecular complexity index is 630. The highest BCUT2D eigenvalue weighted by atomic mass is 35.5. The number of halogens is 1. The summed E-state index contributed by atoms with van der Waals surface area (Å²) in [5, 5.41) is 23.0. The predicted octanol–water partition coefficient (Wildman–Crippen LogP) is 0.941. The molecule has 3 rings (SSSR count). The third kappa shape index (κ3) is 3.47. The molecular formula is C15H19ClN4O2. The van der Waals surface area contributed by atoms with Gasteiger partial charge < -0.3 is 15.7 Å². The number of rotatable bonds is 4. The number of H-pyrrole nitrogens is 1. The van der Waals surface area contributed by atoms with Gasteiger partial charge in [0.1, 0.15) is 0 Å². The van der Waals surface area contributed by atoms with E-state index >= 15 is 0 Å². The molecule has 0 saturated heterocycles. The topological polar surface area (TPSA) is 90.0 Å². The number of nitrogens with zero attached hydrogens (tertiary/aromatic N) is 1. The number of nitrogens with one attached hydrogen (secondary N) is 3. The van der Waals surface area contributed by atoms with Crippen LogP contribution in [0.5, 0.6) is 0 Å². The van der Waals surface area contributed by atoms with Gasteiger partial charge in [0.2, 0.25) is 0 Å². The lowest BCUT2D eigenvalue weighted by molar-refractivity contribution is 0.0910. The number of aliphatic hydroxyl groups excluding tert-OH is 1. The van der Waals surface area contributed by atoms with Gasteiger partial charge in [-0.1, -0.05) is 30.3 Å². The Hall–Kier alpha value is -1.89. The summed E-state index contributed by atoms with van der Waals surface area (Å²) in [6.07, 6.45) is 0.130. The number of carbonyl (C=O) groups is 1. The zero-order valence-electron chi connectivity index (χ0n) is 12.0. The van der Waals surface area contributed by atoms with Crippen molar-refractivity contribution in [2.24, 2.45) is 0 Å². The van der Waals surface area contributed by atoms with Crippen molar-refractivity contribution in [2.45, 2.75) is 19.1 Å². The van der Waals surface area contributed by atoms with Crippen LogP contribution in [0.1, 0.15) is 33.4 Å². The second kappa shape index (κ2) is 7.40. The molecule has 6 nitrogen and oxygen atoms in total. The third-order valence-electron chi connectivity index (χ3n) is 3.66. The van der Waals surface area contributed by atoms with Gasteiger partial charge in [0.15, 0.2) is 5.69 Å². The summed E-state index contributed by atoms with van der Waals surface area (Å²) in [5.41, 5.74) is 3.14. The first kappa shape index (κ1) is 16.5. The van der Waals surface area contributed by atoms with Gasteiger partial charge >= 0.3 is 0 Å². The lowest BCUT2D eigenvalue weighted by Crippen LogP contribution is -2.31. The first-order valence-electron chi connectivity index (χ1n) is 7.03. The molecule has 0 spiro atoms. The number of hydrogen-bond acceptors (Lipinski definition) is 4. The zero-order chi connectivity index (χ0) is 14.7. The normalized spacial score (nSPS) is 14.6. The van der Waals surface area contributed by atoms with Gasteiger partial charge in [-0.2, -0.15) is 5.10 Å². The van der Waals surface area contributed by atoms with Crippen LogP contribution in [0, 0.1) is 0 Å². The largest absolute Gasteiger partial charge is 0.387 e. The lowest BCUT2D eigenvalue weighted by atomic mass is 10.1. The first-order chi connectivity index (χ1) is 10.3. The van der Waals surface area contributed by atoms with E-state index in [2.05, 4.69) is 20.8 Å². The molecule has 1 atom stereocenters. The summed E-state index contributed by atoms with van der Waals surface area (Å²) in [4.78, 5) is 12.2. The Balaban J connectivity index is 0.00000176. The summed E-state index contributed by atoms with van der Waals surface area (Å²) in [5.74, 6) is -0.258. The number of aromatic nitrogens is 2. The monoisotopic (exact) mass is 322 g/mol. The molecule has 4 N–H and O–H groups in total. The van der Waals surface area contributed by atoms with Crippen LogP contribution in [0.15, 0.2) is 30.3 Å². The van der Waals surface area contributed by atoms with Crippen molar-refractivity contribution in [1.82, 2.24) is 20.8 Å². The maximum atomic E-state index is 12.2. The minimum atomic E-state index is -0.719. The van der Waals surface area contributed by atoms with Crippen LogP contribution in [0.4, 0.5) is 0 Å². The molecule has 0 radical (unpaired) electrons. The highest BCUT2D eigenvalue weighted by molar-refractivity contribution is 5.94. The van der Waals surface area contributed by atoms with Gasteiger partial charge in [-0.15, -0.1) is 12.4 Å². The molecular weight excluding hydrogens is 304 g/mol. The summed E-state index contributed by atoms with van der Waals surface area (Å²) < 4.78 is 0. The predicted molar refractivity (Wildman–Crippen MR) is 85.0 cm³/mol.